The van der Waals surface area contributed by atoms with Gasteiger partial charge in [0, 0.05) is 24.7 Å². The molecule has 8 heteroatoms. The molecular formula is C24H24N6O2. The minimum absolute atomic E-state index is 0.197. The third-order valence-electron chi connectivity index (χ3n) is 5.63. The van der Waals surface area contributed by atoms with Gasteiger partial charge in [0.15, 0.2) is 5.82 Å². The molecule has 162 valence electrons. The second-order valence-electron chi connectivity index (χ2n) is 7.78. The van der Waals surface area contributed by atoms with Crippen LogP contribution in [0, 0.1) is 0 Å². The van der Waals surface area contributed by atoms with Gasteiger partial charge >= 0.3 is 0 Å². The maximum atomic E-state index is 13.2. The Balaban J connectivity index is 1.43. The number of fused-ring (bicyclic) bond motifs is 1. The summed E-state index contributed by atoms with van der Waals surface area (Å²) < 4.78 is 9.25. The topological polar surface area (TPSA) is 86.9 Å². The minimum Gasteiger partial charge on any atom is -0.497 e. The highest BCUT2D eigenvalue weighted by Crippen LogP contribution is 2.26. The number of nitrogens with zero attached hydrogens (tertiary/aromatic N) is 5. The SMILES string of the molecule is COc1cccc(-c2nn(Cc3ccccc3)cc2C(=O)NCc2nnc3n2CCC3)c1. The summed E-state index contributed by atoms with van der Waals surface area (Å²) in [7, 11) is 1.62. The molecule has 32 heavy (non-hydrogen) atoms. The highest BCUT2D eigenvalue weighted by Gasteiger charge is 2.21. The van der Waals surface area contributed by atoms with E-state index in [1.807, 2.05) is 54.6 Å². The van der Waals surface area contributed by atoms with E-state index in [1.54, 1.807) is 18.0 Å². The van der Waals surface area contributed by atoms with Gasteiger partial charge in [-0.3, -0.25) is 9.48 Å². The smallest absolute Gasteiger partial charge is 0.255 e. The fraction of sp³-hybridized carbons (Fsp3) is 0.250. The van der Waals surface area contributed by atoms with Crippen LogP contribution in [0.1, 0.15) is 34.0 Å². The average molecular weight is 428 g/mol. The third-order valence-corrected chi connectivity index (χ3v) is 5.63. The molecule has 3 heterocycles. The van der Waals surface area contributed by atoms with Crippen LogP contribution >= 0.6 is 0 Å². The molecule has 1 aliphatic heterocycles. The number of aromatic nitrogens is 5. The highest BCUT2D eigenvalue weighted by atomic mass is 16.5. The molecule has 0 saturated heterocycles. The van der Waals surface area contributed by atoms with Gasteiger partial charge in [-0.1, -0.05) is 42.5 Å². The van der Waals surface area contributed by atoms with Crippen molar-refractivity contribution in [3.63, 3.8) is 0 Å². The summed E-state index contributed by atoms with van der Waals surface area (Å²) in [5.41, 5.74) is 3.06. The molecule has 2 aromatic heterocycles. The monoisotopic (exact) mass is 428 g/mol. The van der Waals surface area contributed by atoms with Gasteiger partial charge in [-0.2, -0.15) is 5.10 Å². The van der Waals surface area contributed by atoms with Crippen LogP contribution in [0.15, 0.2) is 60.8 Å². The molecule has 0 atom stereocenters. The normalized spacial score (nSPS) is 12.5. The van der Waals surface area contributed by atoms with Crippen LogP contribution in [0.5, 0.6) is 5.75 Å². The number of hydrogen-bond donors (Lipinski definition) is 1. The Kier molecular flexibility index (Phi) is 5.41. The van der Waals surface area contributed by atoms with Crippen molar-refractivity contribution >= 4 is 5.91 Å². The average Bonchev–Trinajstić information content (AvgIpc) is 3.55. The molecule has 0 unspecified atom stereocenters. The largest absolute Gasteiger partial charge is 0.497 e. The Morgan fingerprint density at radius 2 is 2.00 bits per heavy atom. The van der Waals surface area contributed by atoms with Crippen LogP contribution in [0.4, 0.5) is 0 Å². The number of amides is 1. The highest BCUT2D eigenvalue weighted by molar-refractivity contribution is 5.99. The summed E-state index contributed by atoms with van der Waals surface area (Å²) in [6.45, 7) is 1.80. The quantitative estimate of drug-likeness (QED) is 0.489. The summed E-state index contributed by atoms with van der Waals surface area (Å²) in [4.78, 5) is 13.2. The van der Waals surface area contributed by atoms with Crippen LogP contribution in [-0.2, 0) is 26.1 Å². The van der Waals surface area contributed by atoms with E-state index < -0.39 is 0 Å². The zero-order valence-corrected chi connectivity index (χ0v) is 17.9. The van der Waals surface area contributed by atoms with E-state index in [0.717, 1.165) is 42.2 Å². The van der Waals surface area contributed by atoms with E-state index in [4.69, 9.17) is 9.84 Å². The molecule has 1 N–H and O–H groups in total. The van der Waals surface area contributed by atoms with Crippen molar-refractivity contribution in [2.45, 2.75) is 32.5 Å². The minimum atomic E-state index is -0.197. The first-order chi connectivity index (χ1) is 15.7. The Morgan fingerprint density at radius 1 is 1.12 bits per heavy atom. The number of benzene rings is 2. The molecular weight excluding hydrogens is 404 g/mol. The Labute approximate surface area is 185 Å². The maximum Gasteiger partial charge on any atom is 0.255 e. The van der Waals surface area contributed by atoms with E-state index in [0.29, 0.717) is 30.1 Å². The van der Waals surface area contributed by atoms with Gasteiger partial charge in [0.2, 0.25) is 0 Å². The van der Waals surface area contributed by atoms with Crippen LogP contribution < -0.4 is 10.1 Å². The lowest BCUT2D eigenvalue weighted by Gasteiger charge is -2.07. The van der Waals surface area contributed by atoms with Gasteiger partial charge in [0.25, 0.3) is 5.91 Å². The van der Waals surface area contributed by atoms with E-state index >= 15 is 0 Å². The first-order valence-electron chi connectivity index (χ1n) is 10.7. The van der Waals surface area contributed by atoms with Crippen LogP contribution in [0.25, 0.3) is 11.3 Å². The number of nitrogens with one attached hydrogen (secondary N) is 1. The lowest BCUT2D eigenvalue weighted by molar-refractivity contribution is 0.0950. The van der Waals surface area contributed by atoms with Crippen LogP contribution in [-0.4, -0.2) is 37.6 Å². The first-order valence-corrected chi connectivity index (χ1v) is 10.7. The summed E-state index contributed by atoms with van der Waals surface area (Å²) in [6, 6.07) is 17.6. The number of ether oxygens (including phenoxy) is 1. The standard InChI is InChI=1S/C24H24N6O2/c1-32-19-10-5-9-18(13-19)23-20(16-29(28-23)15-17-7-3-2-4-8-17)24(31)25-14-22-27-26-21-11-6-12-30(21)22/h2-5,7-10,13,16H,6,11-12,14-15H2,1H3,(H,25,31). The summed E-state index contributed by atoms with van der Waals surface area (Å²) in [5.74, 6) is 2.29. The third kappa shape index (κ3) is 3.99. The maximum absolute atomic E-state index is 13.2. The van der Waals surface area contributed by atoms with E-state index in [-0.39, 0.29) is 5.91 Å². The number of carbonyl (C=O) groups excluding carboxylic acids is 1. The number of hydrogen-bond acceptors (Lipinski definition) is 5. The Hall–Kier alpha value is -3.94. The molecule has 0 spiro atoms. The lowest BCUT2D eigenvalue weighted by Crippen LogP contribution is -2.25. The zero-order chi connectivity index (χ0) is 21.9. The molecule has 8 nitrogen and oxygen atoms in total. The van der Waals surface area contributed by atoms with Gasteiger partial charge in [-0.15, -0.1) is 10.2 Å². The molecule has 0 aliphatic carbocycles. The van der Waals surface area contributed by atoms with Crippen molar-refractivity contribution in [2.24, 2.45) is 0 Å². The summed E-state index contributed by atoms with van der Waals surface area (Å²) in [5, 5.41) is 16.2. The number of methoxy groups -OCH3 is 1. The summed E-state index contributed by atoms with van der Waals surface area (Å²) in [6.07, 6.45) is 3.80. The molecule has 5 rings (SSSR count). The predicted molar refractivity (Wildman–Crippen MR) is 119 cm³/mol. The first kappa shape index (κ1) is 20.0. The van der Waals surface area contributed by atoms with Gasteiger partial charge < -0.3 is 14.6 Å². The molecule has 2 aromatic carbocycles. The molecule has 1 aliphatic rings. The van der Waals surface area contributed by atoms with E-state index in [2.05, 4.69) is 20.1 Å². The van der Waals surface area contributed by atoms with Crippen LogP contribution in [0.3, 0.4) is 0 Å². The van der Waals surface area contributed by atoms with Crippen molar-refractivity contribution in [1.82, 2.24) is 29.9 Å². The van der Waals surface area contributed by atoms with Crippen molar-refractivity contribution in [3.05, 3.63) is 83.6 Å². The predicted octanol–water partition coefficient (Wildman–Crippen LogP) is 3.07. The second-order valence-corrected chi connectivity index (χ2v) is 7.78. The zero-order valence-electron chi connectivity index (χ0n) is 17.9. The van der Waals surface area contributed by atoms with Gasteiger partial charge in [0.1, 0.15) is 17.3 Å². The molecule has 0 radical (unpaired) electrons. The fourth-order valence-corrected chi connectivity index (χ4v) is 4.02. The Bertz CT molecular complexity index is 1240. The van der Waals surface area contributed by atoms with Crippen molar-refractivity contribution in [1.29, 1.82) is 0 Å². The van der Waals surface area contributed by atoms with Crippen LogP contribution in [0.2, 0.25) is 0 Å². The Morgan fingerprint density at radius 3 is 2.84 bits per heavy atom. The van der Waals surface area contributed by atoms with Crippen molar-refractivity contribution in [2.75, 3.05) is 7.11 Å². The number of aryl methyl sites for hydroxylation is 1. The van der Waals surface area contributed by atoms with E-state index in [9.17, 15) is 4.79 Å². The summed E-state index contributed by atoms with van der Waals surface area (Å²) >= 11 is 0. The van der Waals surface area contributed by atoms with Gasteiger partial charge in [0.05, 0.1) is 25.8 Å². The number of rotatable bonds is 7. The van der Waals surface area contributed by atoms with Gasteiger partial charge in [-0.25, -0.2) is 0 Å². The molecule has 4 aromatic rings. The lowest BCUT2D eigenvalue weighted by atomic mass is 10.1. The van der Waals surface area contributed by atoms with Gasteiger partial charge in [-0.05, 0) is 24.1 Å². The fourth-order valence-electron chi connectivity index (χ4n) is 4.02. The van der Waals surface area contributed by atoms with E-state index in [1.165, 1.54) is 0 Å². The molecule has 1 amide bonds. The molecule has 0 bridgehead atoms. The van der Waals surface area contributed by atoms with Crippen molar-refractivity contribution < 1.29 is 9.53 Å². The number of carbonyl (C=O) groups is 1. The molecule has 0 fully saturated rings. The van der Waals surface area contributed by atoms with Crippen molar-refractivity contribution in [3.8, 4) is 17.0 Å². The molecule has 0 saturated carbocycles. The second kappa shape index (κ2) is 8.66.